The van der Waals surface area contributed by atoms with E-state index in [1.54, 1.807) is 7.11 Å². The first kappa shape index (κ1) is 10.8. The van der Waals surface area contributed by atoms with Gasteiger partial charge < -0.3 is 4.74 Å². The van der Waals surface area contributed by atoms with E-state index >= 15 is 0 Å². The Kier molecular flexibility index (Phi) is 4.57. The standard InChI is InChI=1S/C10H12Cl2O/c1-13-6-2-3-8-4-5-9(11)10(12)7-8/h4-5,7H,2-3,6H2,1H3. The molecule has 0 amide bonds. The number of hydrogen-bond acceptors (Lipinski definition) is 1. The van der Waals surface area contributed by atoms with E-state index in [0.717, 1.165) is 19.4 Å². The van der Waals surface area contributed by atoms with Crippen LogP contribution in [0.2, 0.25) is 10.0 Å². The van der Waals surface area contributed by atoms with Gasteiger partial charge >= 0.3 is 0 Å². The van der Waals surface area contributed by atoms with Crippen molar-refractivity contribution in [3.8, 4) is 0 Å². The van der Waals surface area contributed by atoms with Gasteiger partial charge in [0.05, 0.1) is 10.0 Å². The molecule has 0 aliphatic heterocycles. The van der Waals surface area contributed by atoms with Crippen LogP contribution >= 0.6 is 23.2 Å². The summed E-state index contributed by atoms with van der Waals surface area (Å²) in [6, 6.07) is 5.72. The zero-order valence-electron chi connectivity index (χ0n) is 7.52. The first-order valence-corrected chi connectivity index (χ1v) is 4.92. The number of hydrogen-bond donors (Lipinski definition) is 0. The summed E-state index contributed by atoms with van der Waals surface area (Å²) in [6.07, 6.45) is 1.99. The van der Waals surface area contributed by atoms with E-state index in [1.165, 1.54) is 5.56 Å². The summed E-state index contributed by atoms with van der Waals surface area (Å²) in [5.41, 5.74) is 1.20. The molecule has 0 radical (unpaired) electrons. The highest BCUT2D eigenvalue weighted by Crippen LogP contribution is 2.22. The van der Waals surface area contributed by atoms with Gasteiger partial charge in [-0.25, -0.2) is 0 Å². The average molecular weight is 219 g/mol. The van der Waals surface area contributed by atoms with Gasteiger partial charge in [-0.15, -0.1) is 0 Å². The summed E-state index contributed by atoms with van der Waals surface area (Å²) >= 11 is 11.6. The summed E-state index contributed by atoms with van der Waals surface area (Å²) < 4.78 is 4.96. The van der Waals surface area contributed by atoms with Crippen molar-refractivity contribution in [2.75, 3.05) is 13.7 Å². The van der Waals surface area contributed by atoms with Crippen molar-refractivity contribution in [3.05, 3.63) is 33.8 Å². The normalized spacial score (nSPS) is 10.4. The summed E-state index contributed by atoms with van der Waals surface area (Å²) in [7, 11) is 1.70. The molecule has 1 rings (SSSR count). The van der Waals surface area contributed by atoms with Gasteiger partial charge in [0.15, 0.2) is 0 Å². The Balaban J connectivity index is 2.53. The molecular weight excluding hydrogens is 207 g/mol. The summed E-state index contributed by atoms with van der Waals surface area (Å²) in [4.78, 5) is 0. The fourth-order valence-electron chi connectivity index (χ4n) is 1.12. The highest BCUT2D eigenvalue weighted by atomic mass is 35.5. The highest BCUT2D eigenvalue weighted by molar-refractivity contribution is 6.42. The Morgan fingerprint density at radius 2 is 2.00 bits per heavy atom. The smallest absolute Gasteiger partial charge is 0.0595 e. The van der Waals surface area contributed by atoms with Gasteiger partial charge in [0, 0.05) is 13.7 Å². The van der Waals surface area contributed by atoms with Gasteiger partial charge in [0.25, 0.3) is 0 Å². The van der Waals surface area contributed by atoms with Gasteiger partial charge in [0.2, 0.25) is 0 Å². The predicted molar refractivity (Wildman–Crippen MR) is 56.7 cm³/mol. The molecule has 0 aromatic heterocycles. The summed E-state index contributed by atoms with van der Waals surface area (Å²) in [6.45, 7) is 0.778. The predicted octanol–water partition coefficient (Wildman–Crippen LogP) is 3.57. The largest absolute Gasteiger partial charge is 0.385 e. The molecule has 3 heteroatoms. The van der Waals surface area contributed by atoms with E-state index in [-0.39, 0.29) is 0 Å². The molecule has 0 aliphatic carbocycles. The topological polar surface area (TPSA) is 9.23 Å². The molecule has 0 saturated carbocycles. The van der Waals surface area contributed by atoms with Crippen LogP contribution in [0.5, 0.6) is 0 Å². The van der Waals surface area contributed by atoms with Crippen molar-refractivity contribution in [3.63, 3.8) is 0 Å². The van der Waals surface area contributed by atoms with Crippen molar-refractivity contribution in [1.29, 1.82) is 0 Å². The third-order valence-electron chi connectivity index (χ3n) is 1.80. The van der Waals surface area contributed by atoms with Crippen LogP contribution in [0.15, 0.2) is 18.2 Å². The molecule has 0 bridgehead atoms. The second kappa shape index (κ2) is 5.48. The van der Waals surface area contributed by atoms with Crippen LogP contribution in [-0.4, -0.2) is 13.7 Å². The van der Waals surface area contributed by atoms with Crippen molar-refractivity contribution in [2.45, 2.75) is 12.8 Å². The molecule has 0 saturated heterocycles. The van der Waals surface area contributed by atoms with Crippen molar-refractivity contribution in [2.24, 2.45) is 0 Å². The van der Waals surface area contributed by atoms with Gasteiger partial charge in [-0.1, -0.05) is 29.3 Å². The Morgan fingerprint density at radius 3 is 2.62 bits per heavy atom. The molecule has 0 unspecified atom stereocenters. The minimum atomic E-state index is 0.608. The Morgan fingerprint density at radius 1 is 1.23 bits per heavy atom. The molecule has 72 valence electrons. The first-order valence-electron chi connectivity index (χ1n) is 4.17. The second-order valence-electron chi connectivity index (χ2n) is 2.84. The second-order valence-corrected chi connectivity index (χ2v) is 3.66. The molecule has 0 N–H and O–H groups in total. The van der Waals surface area contributed by atoms with E-state index < -0.39 is 0 Å². The Bertz CT molecular complexity index is 274. The van der Waals surface area contributed by atoms with Crippen molar-refractivity contribution < 1.29 is 4.74 Å². The maximum Gasteiger partial charge on any atom is 0.0595 e. The third kappa shape index (κ3) is 3.55. The van der Waals surface area contributed by atoms with E-state index in [2.05, 4.69) is 0 Å². The van der Waals surface area contributed by atoms with Crippen molar-refractivity contribution in [1.82, 2.24) is 0 Å². The van der Waals surface area contributed by atoms with Crippen LogP contribution in [0.4, 0.5) is 0 Å². The SMILES string of the molecule is COCCCc1ccc(Cl)c(Cl)c1. The zero-order chi connectivity index (χ0) is 9.68. The number of halogens is 2. The van der Waals surface area contributed by atoms with Crippen LogP contribution in [0, 0.1) is 0 Å². The van der Waals surface area contributed by atoms with Gasteiger partial charge in [-0.3, -0.25) is 0 Å². The number of methoxy groups -OCH3 is 1. The van der Waals surface area contributed by atoms with Crippen LogP contribution < -0.4 is 0 Å². The van der Waals surface area contributed by atoms with Gasteiger partial charge in [0.1, 0.15) is 0 Å². The summed E-state index contributed by atoms with van der Waals surface area (Å²) in [5.74, 6) is 0. The van der Waals surface area contributed by atoms with Crippen LogP contribution in [-0.2, 0) is 11.2 Å². The highest BCUT2D eigenvalue weighted by Gasteiger charge is 1.98. The Labute approximate surface area is 88.6 Å². The van der Waals surface area contributed by atoms with Gasteiger partial charge in [-0.05, 0) is 30.5 Å². The minimum Gasteiger partial charge on any atom is -0.385 e. The van der Waals surface area contributed by atoms with Crippen LogP contribution in [0.1, 0.15) is 12.0 Å². The van der Waals surface area contributed by atoms with Crippen molar-refractivity contribution >= 4 is 23.2 Å². The molecule has 1 nitrogen and oxygen atoms in total. The molecule has 0 fully saturated rings. The Hall–Kier alpha value is -0.240. The lowest BCUT2D eigenvalue weighted by Crippen LogP contribution is -1.92. The van der Waals surface area contributed by atoms with Crippen LogP contribution in [0.3, 0.4) is 0 Å². The molecule has 0 aliphatic rings. The lowest BCUT2D eigenvalue weighted by Gasteiger charge is -2.02. The molecule has 0 heterocycles. The van der Waals surface area contributed by atoms with E-state index in [4.69, 9.17) is 27.9 Å². The number of aryl methyl sites for hydroxylation is 1. The lowest BCUT2D eigenvalue weighted by molar-refractivity contribution is 0.195. The molecule has 0 spiro atoms. The fourth-order valence-corrected chi connectivity index (χ4v) is 1.44. The molecule has 1 aromatic rings. The fraction of sp³-hybridized carbons (Fsp3) is 0.400. The zero-order valence-corrected chi connectivity index (χ0v) is 9.03. The average Bonchev–Trinajstić information content (AvgIpc) is 2.12. The number of benzene rings is 1. The monoisotopic (exact) mass is 218 g/mol. The summed E-state index contributed by atoms with van der Waals surface area (Å²) in [5, 5.41) is 1.23. The quantitative estimate of drug-likeness (QED) is 0.703. The first-order chi connectivity index (χ1) is 6.24. The molecule has 13 heavy (non-hydrogen) atoms. The number of ether oxygens (including phenoxy) is 1. The van der Waals surface area contributed by atoms with Crippen LogP contribution in [0.25, 0.3) is 0 Å². The van der Waals surface area contributed by atoms with E-state index in [9.17, 15) is 0 Å². The lowest BCUT2D eigenvalue weighted by atomic mass is 10.1. The maximum atomic E-state index is 5.86. The van der Waals surface area contributed by atoms with E-state index in [1.807, 2.05) is 18.2 Å². The molecule has 0 atom stereocenters. The third-order valence-corrected chi connectivity index (χ3v) is 2.54. The molecular formula is C10H12Cl2O. The maximum absolute atomic E-state index is 5.86. The van der Waals surface area contributed by atoms with E-state index in [0.29, 0.717) is 10.0 Å². The molecule has 1 aromatic carbocycles. The number of rotatable bonds is 4. The minimum absolute atomic E-state index is 0.608. The van der Waals surface area contributed by atoms with Gasteiger partial charge in [-0.2, -0.15) is 0 Å².